The Kier molecular flexibility index (Phi) is 3.93. The molecule has 2 aromatic rings. The zero-order chi connectivity index (χ0) is 16.6. The van der Waals surface area contributed by atoms with Gasteiger partial charge < -0.3 is 13.7 Å². The third kappa shape index (κ3) is 3.12. The van der Waals surface area contributed by atoms with Crippen LogP contribution in [-0.2, 0) is 10.1 Å². The lowest BCUT2D eigenvalue weighted by Crippen LogP contribution is -2.17. The molecule has 0 aromatic heterocycles. The second-order valence-electron chi connectivity index (χ2n) is 5.57. The second-order valence-corrected chi connectivity index (χ2v) is 7.12. The van der Waals surface area contributed by atoms with Crippen molar-refractivity contribution in [3.8, 4) is 17.2 Å². The molecule has 0 radical (unpaired) electrons. The second kappa shape index (κ2) is 5.77. The van der Waals surface area contributed by atoms with E-state index in [-0.39, 0.29) is 4.90 Å². The SMILES string of the molecule is Cc1cc(C)c(OS(=O)(=O)c2ccc3c(c2)OCCO3)c(C)c1. The van der Waals surface area contributed by atoms with Gasteiger partial charge in [0.1, 0.15) is 23.9 Å². The first-order chi connectivity index (χ1) is 10.9. The molecule has 1 heterocycles. The summed E-state index contributed by atoms with van der Waals surface area (Å²) in [5, 5.41) is 0. The first-order valence-corrected chi connectivity index (χ1v) is 8.69. The van der Waals surface area contributed by atoms with Crippen molar-refractivity contribution in [1.82, 2.24) is 0 Å². The predicted molar refractivity (Wildman–Crippen MR) is 85.9 cm³/mol. The van der Waals surface area contributed by atoms with E-state index < -0.39 is 10.1 Å². The van der Waals surface area contributed by atoms with E-state index in [2.05, 4.69) is 0 Å². The highest BCUT2D eigenvalue weighted by Crippen LogP contribution is 2.34. The van der Waals surface area contributed by atoms with E-state index in [0.29, 0.717) is 30.5 Å². The quantitative estimate of drug-likeness (QED) is 0.807. The number of hydrogen-bond donors (Lipinski definition) is 0. The first kappa shape index (κ1) is 15.7. The van der Waals surface area contributed by atoms with E-state index in [9.17, 15) is 8.42 Å². The number of fused-ring (bicyclic) bond motifs is 1. The number of ether oxygens (including phenoxy) is 2. The van der Waals surface area contributed by atoms with Gasteiger partial charge in [-0.15, -0.1) is 0 Å². The third-order valence-electron chi connectivity index (χ3n) is 3.60. The van der Waals surface area contributed by atoms with Crippen LogP contribution in [0.1, 0.15) is 16.7 Å². The van der Waals surface area contributed by atoms with Gasteiger partial charge in [0.15, 0.2) is 11.5 Å². The molecule has 0 N–H and O–H groups in total. The van der Waals surface area contributed by atoms with Gasteiger partial charge in [0.2, 0.25) is 0 Å². The highest BCUT2D eigenvalue weighted by Gasteiger charge is 2.22. The van der Waals surface area contributed by atoms with Crippen LogP contribution in [0.15, 0.2) is 35.2 Å². The summed E-state index contributed by atoms with van der Waals surface area (Å²) in [7, 11) is -3.94. The Labute approximate surface area is 135 Å². The molecule has 0 atom stereocenters. The van der Waals surface area contributed by atoms with Crippen molar-refractivity contribution in [2.45, 2.75) is 25.7 Å². The smallest absolute Gasteiger partial charge is 0.339 e. The summed E-state index contributed by atoms with van der Waals surface area (Å²) in [5.74, 6) is 1.32. The molecular formula is C17H18O5S. The van der Waals surface area contributed by atoms with Crippen molar-refractivity contribution < 1.29 is 22.1 Å². The van der Waals surface area contributed by atoms with Crippen molar-refractivity contribution in [2.75, 3.05) is 13.2 Å². The van der Waals surface area contributed by atoms with Gasteiger partial charge >= 0.3 is 10.1 Å². The number of aryl methyl sites for hydroxylation is 3. The van der Waals surface area contributed by atoms with Crippen LogP contribution >= 0.6 is 0 Å². The normalized spacial score (nSPS) is 13.7. The van der Waals surface area contributed by atoms with Gasteiger partial charge in [-0.1, -0.05) is 17.7 Å². The molecule has 6 heteroatoms. The highest BCUT2D eigenvalue weighted by molar-refractivity contribution is 7.87. The summed E-state index contributed by atoms with van der Waals surface area (Å²) in [6, 6.07) is 8.26. The number of benzene rings is 2. The van der Waals surface area contributed by atoms with E-state index in [1.807, 2.05) is 32.9 Å². The number of rotatable bonds is 3. The standard InChI is InChI=1S/C17H18O5S/c1-11-8-12(2)17(13(3)9-11)22-23(18,19)14-4-5-15-16(10-14)21-7-6-20-15/h4-5,8-10H,6-7H2,1-3H3. The largest absolute Gasteiger partial charge is 0.486 e. The molecule has 0 unspecified atom stereocenters. The van der Waals surface area contributed by atoms with Gasteiger partial charge in [-0.05, 0) is 44.0 Å². The van der Waals surface area contributed by atoms with E-state index in [1.165, 1.54) is 12.1 Å². The fraction of sp³-hybridized carbons (Fsp3) is 0.294. The molecule has 0 bridgehead atoms. The average Bonchev–Trinajstić information content (AvgIpc) is 2.50. The topological polar surface area (TPSA) is 61.8 Å². The Morgan fingerprint density at radius 1 is 0.913 bits per heavy atom. The number of hydrogen-bond acceptors (Lipinski definition) is 5. The molecule has 1 aliphatic heterocycles. The molecular weight excluding hydrogens is 316 g/mol. The highest BCUT2D eigenvalue weighted by atomic mass is 32.2. The summed E-state index contributed by atoms with van der Waals surface area (Å²) >= 11 is 0. The summed E-state index contributed by atoms with van der Waals surface area (Å²) < 4.78 is 41.3. The molecule has 1 aliphatic rings. The molecule has 0 amide bonds. The van der Waals surface area contributed by atoms with Gasteiger partial charge in [0.05, 0.1) is 0 Å². The van der Waals surface area contributed by atoms with Crippen molar-refractivity contribution in [3.05, 3.63) is 47.0 Å². The lowest BCUT2D eigenvalue weighted by atomic mass is 10.1. The van der Waals surface area contributed by atoms with E-state index in [1.54, 1.807) is 6.07 Å². The van der Waals surface area contributed by atoms with Crippen LogP contribution in [0, 0.1) is 20.8 Å². The Morgan fingerprint density at radius 2 is 1.52 bits per heavy atom. The van der Waals surface area contributed by atoms with Crippen molar-refractivity contribution in [2.24, 2.45) is 0 Å². The third-order valence-corrected chi connectivity index (χ3v) is 4.82. The maximum Gasteiger partial charge on any atom is 0.339 e. The van der Waals surface area contributed by atoms with Crippen LogP contribution in [0.3, 0.4) is 0 Å². The molecule has 23 heavy (non-hydrogen) atoms. The molecule has 0 fully saturated rings. The van der Waals surface area contributed by atoms with Crippen LogP contribution in [0.4, 0.5) is 0 Å². The fourth-order valence-electron chi connectivity index (χ4n) is 2.64. The molecule has 0 saturated heterocycles. The van der Waals surface area contributed by atoms with Crippen LogP contribution in [0.5, 0.6) is 17.2 Å². The van der Waals surface area contributed by atoms with Gasteiger partial charge in [-0.2, -0.15) is 8.42 Å². The lowest BCUT2D eigenvalue weighted by molar-refractivity contribution is 0.171. The van der Waals surface area contributed by atoms with E-state index in [0.717, 1.165) is 16.7 Å². The Bertz CT molecular complexity index is 832. The van der Waals surface area contributed by atoms with Gasteiger partial charge in [-0.25, -0.2) is 0 Å². The maximum atomic E-state index is 12.6. The van der Waals surface area contributed by atoms with Crippen LogP contribution in [-0.4, -0.2) is 21.6 Å². The van der Waals surface area contributed by atoms with Gasteiger partial charge in [-0.3, -0.25) is 0 Å². The van der Waals surface area contributed by atoms with E-state index in [4.69, 9.17) is 13.7 Å². The van der Waals surface area contributed by atoms with Crippen LogP contribution < -0.4 is 13.7 Å². The average molecular weight is 334 g/mol. The minimum Gasteiger partial charge on any atom is -0.486 e. The van der Waals surface area contributed by atoms with Gasteiger partial charge in [0.25, 0.3) is 0 Å². The van der Waals surface area contributed by atoms with Crippen molar-refractivity contribution in [3.63, 3.8) is 0 Å². The van der Waals surface area contributed by atoms with Gasteiger partial charge in [0, 0.05) is 6.07 Å². The predicted octanol–water partition coefficient (Wildman–Crippen LogP) is 3.15. The Balaban J connectivity index is 1.97. The monoisotopic (exact) mass is 334 g/mol. The summed E-state index contributed by atoms with van der Waals surface area (Å²) in [4.78, 5) is 0.0427. The molecule has 5 nitrogen and oxygen atoms in total. The fourth-order valence-corrected chi connectivity index (χ4v) is 3.70. The first-order valence-electron chi connectivity index (χ1n) is 7.29. The molecule has 3 rings (SSSR count). The summed E-state index contributed by atoms with van der Waals surface area (Å²) in [6.07, 6.45) is 0. The molecule has 2 aromatic carbocycles. The Hall–Kier alpha value is -2.21. The zero-order valence-electron chi connectivity index (χ0n) is 13.3. The van der Waals surface area contributed by atoms with Crippen LogP contribution in [0.25, 0.3) is 0 Å². The maximum absolute atomic E-state index is 12.6. The molecule has 122 valence electrons. The lowest BCUT2D eigenvalue weighted by Gasteiger charge is -2.19. The summed E-state index contributed by atoms with van der Waals surface area (Å²) in [5.41, 5.74) is 2.62. The molecule has 0 aliphatic carbocycles. The molecule has 0 saturated carbocycles. The zero-order valence-corrected chi connectivity index (χ0v) is 14.1. The summed E-state index contributed by atoms with van der Waals surface area (Å²) in [6.45, 7) is 6.47. The van der Waals surface area contributed by atoms with Crippen molar-refractivity contribution >= 4 is 10.1 Å². The minimum absolute atomic E-state index is 0.0427. The van der Waals surface area contributed by atoms with Crippen LogP contribution in [0.2, 0.25) is 0 Å². The molecule has 0 spiro atoms. The Morgan fingerprint density at radius 3 is 2.17 bits per heavy atom. The minimum atomic E-state index is -3.94. The van der Waals surface area contributed by atoms with E-state index >= 15 is 0 Å². The van der Waals surface area contributed by atoms with Crippen molar-refractivity contribution in [1.29, 1.82) is 0 Å².